The first-order valence-electron chi connectivity index (χ1n) is 1.90. The number of rotatable bonds is 1. The maximum absolute atomic E-state index is 9.83. The third-order valence-corrected chi connectivity index (χ3v) is 0.641. The van der Waals surface area contributed by atoms with Crippen LogP contribution in [0.5, 0.6) is 0 Å². The number of carbonyl (C=O) groups is 1. The molecule has 0 aliphatic carbocycles. The summed E-state index contributed by atoms with van der Waals surface area (Å²) in [4.78, 5) is 13.1. The van der Waals surface area contributed by atoms with Crippen LogP contribution in [0.4, 0.5) is 0 Å². The molecule has 0 saturated heterocycles. The SMILES string of the molecule is O=C([O-])c1cocn1.[Na+]. The maximum Gasteiger partial charge on any atom is 1.00 e. The molecule has 1 rings (SSSR count). The Morgan fingerprint density at radius 3 is 2.67 bits per heavy atom. The van der Waals surface area contributed by atoms with E-state index in [4.69, 9.17) is 0 Å². The van der Waals surface area contributed by atoms with Gasteiger partial charge in [-0.25, -0.2) is 4.98 Å². The summed E-state index contributed by atoms with van der Waals surface area (Å²) < 4.78 is 4.34. The Bertz CT molecular complexity index is 184. The van der Waals surface area contributed by atoms with Crippen molar-refractivity contribution in [3.05, 3.63) is 18.4 Å². The average Bonchev–Trinajstić information content (AvgIpc) is 2.12. The standard InChI is InChI=1S/C4H3NO3.Na/c6-4(7)3-1-8-2-5-3;/h1-2H,(H,6,7);/q;+1/p-1. The molecule has 0 N–H and O–H groups in total. The van der Waals surface area contributed by atoms with Gasteiger partial charge < -0.3 is 14.3 Å². The molecule has 0 fully saturated rings. The van der Waals surface area contributed by atoms with Crippen molar-refractivity contribution in [1.82, 2.24) is 4.98 Å². The summed E-state index contributed by atoms with van der Waals surface area (Å²) in [5, 5.41) is 9.83. The molecule has 0 atom stereocenters. The third-order valence-electron chi connectivity index (χ3n) is 0.641. The molecular formula is C4H2NNaO3. The van der Waals surface area contributed by atoms with Gasteiger partial charge in [-0.3, -0.25) is 0 Å². The average molecular weight is 135 g/mol. The molecule has 5 heteroatoms. The zero-order valence-corrected chi connectivity index (χ0v) is 6.83. The van der Waals surface area contributed by atoms with Crippen LogP contribution in [0.3, 0.4) is 0 Å². The van der Waals surface area contributed by atoms with Crippen LogP contribution in [-0.2, 0) is 0 Å². The van der Waals surface area contributed by atoms with Crippen molar-refractivity contribution in [2.45, 2.75) is 0 Å². The second-order valence-corrected chi connectivity index (χ2v) is 1.16. The van der Waals surface area contributed by atoms with Crippen LogP contribution >= 0.6 is 0 Å². The second-order valence-electron chi connectivity index (χ2n) is 1.16. The van der Waals surface area contributed by atoms with Crippen LogP contribution in [-0.4, -0.2) is 11.0 Å². The maximum atomic E-state index is 9.83. The fourth-order valence-electron chi connectivity index (χ4n) is 0.313. The predicted molar refractivity (Wildman–Crippen MR) is 20.8 cm³/mol. The summed E-state index contributed by atoms with van der Waals surface area (Å²) >= 11 is 0. The number of aromatic nitrogens is 1. The second kappa shape index (κ2) is 3.66. The number of nitrogens with zero attached hydrogens (tertiary/aromatic N) is 1. The van der Waals surface area contributed by atoms with E-state index in [9.17, 15) is 9.90 Å². The normalized spacial score (nSPS) is 8.00. The third kappa shape index (κ3) is 2.17. The van der Waals surface area contributed by atoms with Gasteiger partial charge in [0, 0.05) is 0 Å². The van der Waals surface area contributed by atoms with E-state index in [-0.39, 0.29) is 35.3 Å². The predicted octanol–water partition coefficient (Wildman–Crippen LogP) is -3.96. The summed E-state index contributed by atoms with van der Waals surface area (Å²) in [6.45, 7) is 0. The molecule has 0 aliphatic heterocycles. The molecule has 1 aromatic heterocycles. The zero-order valence-electron chi connectivity index (χ0n) is 4.83. The van der Waals surface area contributed by atoms with Crippen LogP contribution in [0, 0.1) is 0 Å². The van der Waals surface area contributed by atoms with Gasteiger partial charge in [0.15, 0.2) is 6.39 Å². The molecule has 0 bridgehead atoms. The quantitative estimate of drug-likeness (QED) is 0.368. The fraction of sp³-hybridized carbons (Fsp3) is 0. The Morgan fingerprint density at radius 1 is 1.78 bits per heavy atom. The fourth-order valence-corrected chi connectivity index (χ4v) is 0.313. The Labute approximate surface area is 73.2 Å². The first-order chi connectivity index (χ1) is 3.80. The topological polar surface area (TPSA) is 66.2 Å². The number of hydrogen-bond donors (Lipinski definition) is 0. The van der Waals surface area contributed by atoms with E-state index in [2.05, 4.69) is 9.40 Å². The van der Waals surface area contributed by atoms with E-state index >= 15 is 0 Å². The summed E-state index contributed by atoms with van der Waals surface area (Å²) in [7, 11) is 0. The van der Waals surface area contributed by atoms with E-state index in [1.54, 1.807) is 0 Å². The minimum Gasteiger partial charge on any atom is -0.543 e. The molecule has 0 aliphatic rings. The minimum absolute atomic E-state index is 0. The number of oxazole rings is 1. The monoisotopic (exact) mass is 135 g/mol. The van der Waals surface area contributed by atoms with Gasteiger partial charge >= 0.3 is 29.6 Å². The van der Waals surface area contributed by atoms with Crippen LogP contribution < -0.4 is 34.7 Å². The van der Waals surface area contributed by atoms with Crippen molar-refractivity contribution in [2.24, 2.45) is 0 Å². The molecule has 1 heterocycles. The number of carboxylic acids is 1. The van der Waals surface area contributed by atoms with Crippen LogP contribution in [0.15, 0.2) is 17.1 Å². The van der Waals surface area contributed by atoms with Crippen molar-refractivity contribution in [3.8, 4) is 0 Å². The first-order valence-corrected chi connectivity index (χ1v) is 1.90. The van der Waals surface area contributed by atoms with E-state index in [0.717, 1.165) is 12.7 Å². The van der Waals surface area contributed by atoms with E-state index < -0.39 is 5.97 Å². The van der Waals surface area contributed by atoms with E-state index in [0.29, 0.717) is 0 Å². The zero-order chi connectivity index (χ0) is 5.98. The summed E-state index contributed by atoms with van der Waals surface area (Å²) in [6.07, 6.45) is 2.04. The molecule has 0 unspecified atom stereocenters. The number of carboxylic acid groups (broad SMARTS) is 1. The van der Waals surface area contributed by atoms with Gasteiger partial charge in [-0.2, -0.15) is 0 Å². The minimum atomic E-state index is -1.32. The molecule has 0 amide bonds. The first kappa shape index (κ1) is 8.68. The van der Waals surface area contributed by atoms with Crippen molar-refractivity contribution < 1.29 is 43.9 Å². The largest absolute Gasteiger partial charge is 1.00 e. The van der Waals surface area contributed by atoms with Gasteiger partial charge in [-0.05, 0) is 0 Å². The van der Waals surface area contributed by atoms with Gasteiger partial charge in [0.2, 0.25) is 0 Å². The Balaban J connectivity index is 0.000000640. The number of hydrogen-bond acceptors (Lipinski definition) is 4. The molecule has 0 saturated carbocycles. The van der Waals surface area contributed by atoms with Crippen molar-refractivity contribution in [3.63, 3.8) is 0 Å². The van der Waals surface area contributed by atoms with Crippen molar-refractivity contribution in [2.75, 3.05) is 0 Å². The van der Waals surface area contributed by atoms with Crippen LogP contribution in [0.25, 0.3) is 0 Å². The van der Waals surface area contributed by atoms with Gasteiger partial charge in [0.05, 0.1) is 5.97 Å². The molecule has 1 aromatic rings. The van der Waals surface area contributed by atoms with E-state index in [1.165, 1.54) is 0 Å². The Morgan fingerprint density at radius 2 is 2.44 bits per heavy atom. The summed E-state index contributed by atoms with van der Waals surface area (Å²) in [6, 6.07) is 0. The van der Waals surface area contributed by atoms with Gasteiger partial charge in [-0.15, -0.1) is 0 Å². The molecule has 0 spiro atoms. The van der Waals surface area contributed by atoms with E-state index in [1.807, 2.05) is 0 Å². The molecule has 4 nitrogen and oxygen atoms in total. The van der Waals surface area contributed by atoms with Gasteiger partial charge in [0.1, 0.15) is 12.0 Å². The van der Waals surface area contributed by atoms with Gasteiger partial charge in [0.25, 0.3) is 0 Å². The Kier molecular flexibility index (Phi) is 3.53. The molecule has 42 valence electrons. The summed E-state index contributed by atoms with van der Waals surface area (Å²) in [5.74, 6) is -1.32. The van der Waals surface area contributed by atoms with Crippen LogP contribution in [0.2, 0.25) is 0 Å². The van der Waals surface area contributed by atoms with Crippen molar-refractivity contribution in [1.29, 1.82) is 0 Å². The van der Waals surface area contributed by atoms with Gasteiger partial charge in [-0.1, -0.05) is 0 Å². The molecule has 9 heavy (non-hydrogen) atoms. The Hall–Kier alpha value is -0.320. The number of carbonyl (C=O) groups excluding carboxylic acids is 1. The summed E-state index contributed by atoms with van der Waals surface area (Å²) in [5.41, 5.74) is -0.176. The molecule has 0 aromatic carbocycles. The molecular weight excluding hydrogens is 133 g/mol. The smallest absolute Gasteiger partial charge is 0.543 e. The van der Waals surface area contributed by atoms with Crippen molar-refractivity contribution >= 4 is 5.97 Å². The number of aromatic carboxylic acids is 1. The molecule has 0 radical (unpaired) electrons. The van der Waals surface area contributed by atoms with Crippen LogP contribution in [0.1, 0.15) is 10.5 Å².